The topological polar surface area (TPSA) is 58.4 Å². The Labute approximate surface area is 121 Å². The largest absolute Gasteiger partial charge is 0.398 e. The first kappa shape index (κ1) is 14.9. The summed E-state index contributed by atoms with van der Waals surface area (Å²) >= 11 is 0. The third kappa shape index (κ3) is 3.51. The van der Waals surface area contributed by atoms with Crippen LogP contribution in [0.2, 0.25) is 0 Å². The lowest BCUT2D eigenvalue weighted by atomic mass is 10.00. The molecule has 0 radical (unpaired) electrons. The number of anilines is 2. The molecule has 1 unspecified atom stereocenters. The SMILES string of the molecule is CCC1CCCCN1CC(=O)Nc1cccc(N)c1C. The fourth-order valence-electron chi connectivity index (χ4n) is 2.89. The van der Waals surface area contributed by atoms with Gasteiger partial charge in [0.05, 0.1) is 6.54 Å². The maximum atomic E-state index is 12.2. The minimum absolute atomic E-state index is 0.0547. The van der Waals surface area contributed by atoms with Crippen LogP contribution in [-0.2, 0) is 4.79 Å². The Hall–Kier alpha value is -1.55. The van der Waals surface area contributed by atoms with Crippen LogP contribution in [0, 0.1) is 6.92 Å². The van der Waals surface area contributed by atoms with Crippen LogP contribution in [0.3, 0.4) is 0 Å². The minimum atomic E-state index is 0.0547. The van der Waals surface area contributed by atoms with Crippen LogP contribution in [0.25, 0.3) is 0 Å². The highest BCUT2D eigenvalue weighted by molar-refractivity contribution is 5.93. The van der Waals surface area contributed by atoms with E-state index in [1.54, 1.807) is 0 Å². The summed E-state index contributed by atoms with van der Waals surface area (Å²) in [6.45, 7) is 5.64. The molecule has 1 aromatic carbocycles. The number of hydrogen-bond donors (Lipinski definition) is 2. The lowest BCUT2D eigenvalue weighted by Gasteiger charge is -2.34. The van der Waals surface area contributed by atoms with Crippen LogP contribution >= 0.6 is 0 Å². The van der Waals surface area contributed by atoms with Crippen LogP contribution in [0.1, 0.15) is 38.2 Å². The Morgan fingerprint density at radius 1 is 1.45 bits per heavy atom. The predicted octanol–water partition coefficient (Wildman–Crippen LogP) is 2.78. The Balaban J connectivity index is 1.96. The highest BCUT2D eigenvalue weighted by Gasteiger charge is 2.22. The second-order valence-electron chi connectivity index (χ2n) is 5.60. The number of benzene rings is 1. The third-order valence-electron chi connectivity index (χ3n) is 4.22. The van der Waals surface area contributed by atoms with Crippen LogP contribution in [0.15, 0.2) is 18.2 Å². The van der Waals surface area contributed by atoms with Gasteiger partial charge >= 0.3 is 0 Å². The molecule has 1 heterocycles. The van der Waals surface area contributed by atoms with Crippen molar-refractivity contribution in [1.82, 2.24) is 4.90 Å². The van der Waals surface area contributed by atoms with Crippen molar-refractivity contribution in [2.75, 3.05) is 24.1 Å². The molecule has 1 atom stereocenters. The monoisotopic (exact) mass is 275 g/mol. The number of nitrogen functional groups attached to an aromatic ring is 1. The summed E-state index contributed by atoms with van der Waals surface area (Å²) in [6.07, 6.45) is 4.80. The van der Waals surface area contributed by atoms with Gasteiger partial charge in [0.2, 0.25) is 5.91 Å². The van der Waals surface area contributed by atoms with Crippen molar-refractivity contribution >= 4 is 17.3 Å². The highest BCUT2D eigenvalue weighted by Crippen LogP contribution is 2.22. The van der Waals surface area contributed by atoms with Crippen LogP contribution in [0.5, 0.6) is 0 Å². The lowest BCUT2D eigenvalue weighted by Crippen LogP contribution is -2.43. The number of nitrogens with two attached hydrogens (primary N) is 1. The minimum Gasteiger partial charge on any atom is -0.398 e. The number of amides is 1. The second-order valence-corrected chi connectivity index (χ2v) is 5.60. The van der Waals surface area contributed by atoms with Crippen molar-refractivity contribution in [3.63, 3.8) is 0 Å². The molecular formula is C16H25N3O. The number of nitrogens with zero attached hydrogens (tertiary/aromatic N) is 1. The van der Waals surface area contributed by atoms with Gasteiger partial charge in [-0.1, -0.05) is 19.4 Å². The number of carbonyl (C=O) groups excluding carboxylic acids is 1. The van der Waals surface area contributed by atoms with Crippen molar-refractivity contribution in [3.05, 3.63) is 23.8 Å². The van der Waals surface area contributed by atoms with E-state index in [9.17, 15) is 4.79 Å². The average Bonchev–Trinajstić information content (AvgIpc) is 2.44. The Morgan fingerprint density at radius 2 is 2.25 bits per heavy atom. The van der Waals surface area contributed by atoms with E-state index in [1.807, 2.05) is 25.1 Å². The molecule has 0 spiro atoms. The quantitative estimate of drug-likeness (QED) is 0.831. The van der Waals surface area contributed by atoms with E-state index in [0.29, 0.717) is 18.3 Å². The van der Waals surface area contributed by atoms with Crippen LogP contribution in [-0.4, -0.2) is 29.9 Å². The van der Waals surface area contributed by atoms with E-state index in [2.05, 4.69) is 17.1 Å². The fourth-order valence-corrected chi connectivity index (χ4v) is 2.89. The molecule has 1 saturated heterocycles. The summed E-state index contributed by atoms with van der Waals surface area (Å²) in [5, 5.41) is 2.98. The number of hydrogen-bond acceptors (Lipinski definition) is 3. The summed E-state index contributed by atoms with van der Waals surface area (Å²) in [4.78, 5) is 14.5. The molecule has 2 rings (SSSR count). The molecule has 110 valence electrons. The van der Waals surface area contributed by atoms with E-state index < -0.39 is 0 Å². The first-order chi connectivity index (χ1) is 9.61. The van der Waals surface area contributed by atoms with E-state index in [-0.39, 0.29) is 5.91 Å². The van der Waals surface area contributed by atoms with Gasteiger partial charge in [-0.25, -0.2) is 0 Å². The molecule has 0 bridgehead atoms. The van der Waals surface area contributed by atoms with Gasteiger partial charge in [0.1, 0.15) is 0 Å². The molecule has 1 fully saturated rings. The smallest absolute Gasteiger partial charge is 0.238 e. The van der Waals surface area contributed by atoms with Crippen molar-refractivity contribution in [3.8, 4) is 0 Å². The number of rotatable bonds is 4. The second kappa shape index (κ2) is 6.75. The van der Waals surface area contributed by atoms with Crippen molar-refractivity contribution < 1.29 is 4.79 Å². The summed E-state index contributed by atoms with van der Waals surface area (Å²) in [6, 6.07) is 6.17. The summed E-state index contributed by atoms with van der Waals surface area (Å²) in [5.41, 5.74) is 8.33. The maximum Gasteiger partial charge on any atom is 0.238 e. The van der Waals surface area contributed by atoms with E-state index in [0.717, 1.165) is 24.2 Å². The van der Waals surface area contributed by atoms with Gasteiger partial charge < -0.3 is 11.1 Å². The van der Waals surface area contributed by atoms with Gasteiger partial charge in [-0.15, -0.1) is 0 Å². The lowest BCUT2D eigenvalue weighted by molar-refractivity contribution is -0.118. The van der Waals surface area contributed by atoms with Gasteiger partial charge in [-0.3, -0.25) is 9.69 Å². The standard InChI is InChI=1S/C16H25N3O/c1-3-13-7-4-5-10-19(13)11-16(20)18-15-9-6-8-14(17)12(15)2/h6,8-9,13H,3-5,7,10-11,17H2,1-2H3,(H,18,20). The molecule has 4 heteroatoms. The molecule has 0 saturated carbocycles. The molecular weight excluding hydrogens is 250 g/mol. The van der Waals surface area contributed by atoms with Crippen molar-refractivity contribution in [2.24, 2.45) is 0 Å². The molecule has 20 heavy (non-hydrogen) atoms. The number of carbonyl (C=O) groups is 1. The highest BCUT2D eigenvalue weighted by atomic mass is 16.2. The first-order valence-electron chi connectivity index (χ1n) is 7.50. The molecule has 1 aliphatic rings. The summed E-state index contributed by atoms with van der Waals surface area (Å²) < 4.78 is 0. The summed E-state index contributed by atoms with van der Waals surface area (Å²) in [5.74, 6) is 0.0547. The Kier molecular flexibility index (Phi) is 5.01. The van der Waals surface area contributed by atoms with Gasteiger partial charge in [0.25, 0.3) is 0 Å². The zero-order valence-corrected chi connectivity index (χ0v) is 12.5. The van der Waals surface area contributed by atoms with E-state index in [4.69, 9.17) is 5.73 Å². The van der Waals surface area contributed by atoms with E-state index in [1.165, 1.54) is 19.3 Å². The zero-order valence-electron chi connectivity index (χ0n) is 12.5. The molecule has 4 nitrogen and oxygen atoms in total. The fraction of sp³-hybridized carbons (Fsp3) is 0.562. The van der Waals surface area contributed by atoms with E-state index >= 15 is 0 Å². The summed E-state index contributed by atoms with van der Waals surface area (Å²) in [7, 11) is 0. The van der Waals surface area contributed by atoms with Gasteiger partial charge in [0, 0.05) is 17.4 Å². The first-order valence-corrected chi connectivity index (χ1v) is 7.50. The van der Waals surface area contributed by atoms with Crippen LogP contribution in [0.4, 0.5) is 11.4 Å². The molecule has 1 aromatic rings. The van der Waals surface area contributed by atoms with Crippen molar-refractivity contribution in [2.45, 2.75) is 45.6 Å². The Morgan fingerprint density at radius 3 is 3.00 bits per heavy atom. The van der Waals surface area contributed by atoms with Gasteiger partial charge in [-0.2, -0.15) is 0 Å². The molecule has 3 N–H and O–H groups in total. The molecule has 1 amide bonds. The normalized spacial score (nSPS) is 19.8. The average molecular weight is 275 g/mol. The number of nitrogens with one attached hydrogen (secondary N) is 1. The Bertz CT molecular complexity index is 473. The molecule has 0 aromatic heterocycles. The number of likely N-dealkylation sites (tertiary alicyclic amines) is 1. The van der Waals surface area contributed by atoms with Gasteiger partial charge in [0.15, 0.2) is 0 Å². The predicted molar refractivity (Wildman–Crippen MR) is 83.7 cm³/mol. The number of piperidine rings is 1. The maximum absolute atomic E-state index is 12.2. The van der Waals surface area contributed by atoms with Crippen molar-refractivity contribution in [1.29, 1.82) is 0 Å². The van der Waals surface area contributed by atoms with Gasteiger partial charge in [-0.05, 0) is 50.4 Å². The molecule has 0 aliphatic carbocycles. The molecule has 1 aliphatic heterocycles. The zero-order chi connectivity index (χ0) is 14.5. The van der Waals surface area contributed by atoms with Crippen LogP contribution < -0.4 is 11.1 Å². The third-order valence-corrected chi connectivity index (χ3v) is 4.22.